The number of nitrogens with one attached hydrogen (secondary N) is 1. The van der Waals surface area contributed by atoms with Crippen LogP contribution >= 0.6 is 0 Å². The molecule has 0 atom stereocenters. The van der Waals surface area contributed by atoms with Crippen molar-refractivity contribution in [3.05, 3.63) is 23.4 Å². The lowest BCUT2D eigenvalue weighted by molar-refractivity contribution is 0.808. The second-order valence-electron chi connectivity index (χ2n) is 5.28. The van der Waals surface area contributed by atoms with E-state index in [0.717, 1.165) is 0 Å². The Labute approximate surface area is 112 Å². The van der Waals surface area contributed by atoms with Gasteiger partial charge in [-0.3, -0.25) is 0 Å². The lowest BCUT2D eigenvalue weighted by Crippen LogP contribution is -2.19. The van der Waals surface area contributed by atoms with Gasteiger partial charge in [0.25, 0.3) is 0 Å². The topological polar surface area (TPSA) is 28.2 Å². The van der Waals surface area contributed by atoms with Gasteiger partial charge in [0.05, 0.1) is 0 Å². The summed E-state index contributed by atoms with van der Waals surface area (Å²) < 4.78 is 0. The van der Waals surface area contributed by atoms with E-state index >= 15 is 0 Å². The molecule has 0 amide bonds. The van der Waals surface area contributed by atoms with E-state index < -0.39 is 0 Å². The lowest BCUT2D eigenvalue weighted by Gasteiger charge is -2.18. The van der Waals surface area contributed by atoms with Crippen LogP contribution in [0, 0.1) is 6.92 Å². The number of aryl methyl sites for hydroxylation is 1. The average Bonchev–Trinajstić information content (AvgIpc) is 2.82. The van der Waals surface area contributed by atoms with Crippen LogP contribution < -0.4 is 10.2 Å². The van der Waals surface area contributed by atoms with Crippen molar-refractivity contribution in [2.45, 2.75) is 39.5 Å². The molecule has 0 spiro atoms. The molecule has 0 saturated carbocycles. The fourth-order valence-electron chi connectivity index (χ4n) is 2.08. The van der Waals surface area contributed by atoms with E-state index in [-0.39, 0.29) is 0 Å². The molecule has 1 aliphatic heterocycles. The zero-order valence-electron chi connectivity index (χ0n) is 12.5. The Morgan fingerprint density at radius 3 is 2.22 bits per heavy atom. The van der Waals surface area contributed by atoms with E-state index in [1.165, 1.54) is 43.0 Å². The van der Waals surface area contributed by atoms with E-state index in [1.54, 1.807) is 0 Å². The van der Waals surface area contributed by atoms with Gasteiger partial charge in [-0.1, -0.05) is 13.8 Å². The molecule has 1 aliphatic rings. The van der Waals surface area contributed by atoms with Crippen molar-refractivity contribution in [2.75, 3.05) is 32.1 Å². The van der Waals surface area contributed by atoms with Crippen LogP contribution in [0.25, 0.3) is 0 Å². The van der Waals surface area contributed by atoms with Crippen molar-refractivity contribution in [3.8, 4) is 0 Å². The minimum absolute atomic E-state index is 0.520. The monoisotopic (exact) mass is 249 g/mol. The van der Waals surface area contributed by atoms with Crippen LogP contribution in [0.3, 0.4) is 0 Å². The Hall–Kier alpha value is -1.09. The number of anilines is 1. The van der Waals surface area contributed by atoms with Crippen LogP contribution in [0.2, 0.25) is 0 Å². The van der Waals surface area contributed by atoms with Gasteiger partial charge < -0.3 is 10.2 Å². The number of hydrogen-bond donors (Lipinski definition) is 1. The van der Waals surface area contributed by atoms with Crippen molar-refractivity contribution in [2.24, 2.45) is 0 Å². The summed E-state index contributed by atoms with van der Waals surface area (Å²) in [6.07, 6.45) is 2.62. The molecule has 1 aromatic rings. The first-order chi connectivity index (χ1) is 8.58. The molecule has 1 fully saturated rings. The first-order valence-electron chi connectivity index (χ1n) is 6.90. The predicted octanol–water partition coefficient (Wildman–Crippen LogP) is 2.95. The molecular formula is C15H27N3. The van der Waals surface area contributed by atoms with Gasteiger partial charge in [0.15, 0.2) is 0 Å². The van der Waals surface area contributed by atoms with Gasteiger partial charge in [0, 0.05) is 18.8 Å². The Balaban J connectivity index is 0.000000492. The molecule has 0 bridgehead atoms. The molecule has 1 saturated heterocycles. The molecule has 0 radical (unpaired) electrons. The van der Waals surface area contributed by atoms with Crippen LogP contribution in [-0.4, -0.2) is 32.2 Å². The smallest absolute Gasteiger partial charge is 0.129 e. The number of pyridine rings is 1. The first kappa shape index (κ1) is 15.0. The maximum absolute atomic E-state index is 4.74. The van der Waals surface area contributed by atoms with Crippen molar-refractivity contribution >= 4 is 5.82 Å². The van der Waals surface area contributed by atoms with Crippen molar-refractivity contribution in [3.63, 3.8) is 0 Å². The van der Waals surface area contributed by atoms with Crippen LogP contribution in [0.5, 0.6) is 0 Å². The predicted molar refractivity (Wildman–Crippen MR) is 79.5 cm³/mol. The molecule has 18 heavy (non-hydrogen) atoms. The quantitative estimate of drug-likeness (QED) is 0.873. The molecule has 3 heteroatoms. The third-order valence-corrected chi connectivity index (χ3v) is 3.00. The van der Waals surface area contributed by atoms with E-state index in [1.807, 2.05) is 14.1 Å². The van der Waals surface area contributed by atoms with E-state index in [4.69, 9.17) is 4.98 Å². The highest BCUT2D eigenvalue weighted by atomic mass is 15.2. The zero-order chi connectivity index (χ0) is 13.5. The van der Waals surface area contributed by atoms with Crippen LogP contribution in [0.4, 0.5) is 5.82 Å². The summed E-state index contributed by atoms with van der Waals surface area (Å²) in [5.41, 5.74) is 2.55. The van der Waals surface area contributed by atoms with Gasteiger partial charge >= 0.3 is 0 Å². The highest BCUT2D eigenvalue weighted by molar-refractivity contribution is 5.43. The summed E-state index contributed by atoms with van der Waals surface area (Å²) in [6.45, 7) is 8.92. The van der Waals surface area contributed by atoms with E-state index in [9.17, 15) is 0 Å². The summed E-state index contributed by atoms with van der Waals surface area (Å²) in [5, 5.41) is 2.75. The Bertz CT molecular complexity index is 355. The molecular weight excluding hydrogens is 222 g/mol. The highest BCUT2D eigenvalue weighted by Crippen LogP contribution is 2.22. The normalized spacial score (nSPS) is 14.7. The van der Waals surface area contributed by atoms with Crippen molar-refractivity contribution in [1.29, 1.82) is 0 Å². The first-order valence-corrected chi connectivity index (χ1v) is 6.90. The fraction of sp³-hybridized carbons (Fsp3) is 0.667. The third kappa shape index (κ3) is 4.30. The van der Waals surface area contributed by atoms with Gasteiger partial charge in [-0.05, 0) is 57.5 Å². The van der Waals surface area contributed by atoms with E-state index in [2.05, 4.69) is 43.1 Å². The largest absolute Gasteiger partial charge is 0.357 e. The summed E-state index contributed by atoms with van der Waals surface area (Å²) >= 11 is 0. The van der Waals surface area contributed by atoms with Gasteiger partial charge in [-0.15, -0.1) is 0 Å². The fourth-order valence-corrected chi connectivity index (χ4v) is 2.08. The Kier molecular flexibility index (Phi) is 6.13. The van der Waals surface area contributed by atoms with Gasteiger partial charge in [-0.25, -0.2) is 4.98 Å². The maximum atomic E-state index is 4.74. The summed E-state index contributed by atoms with van der Waals surface area (Å²) in [5.74, 6) is 1.70. The van der Waals surface area contributed by atoms with Crippen LogP contribution in [0.15, 0.2) is 12.1 Å². The lowest BCUT2D eigenvalue weighted by atomic mass is 10.1. The standard InChI is InChI=1S/C13H20N2.C2H7N/c1-10(2)12-8-11(3)9-13(14-12)15-6-4-5-7-15;1-3-2/h8-10H,4-7H2,1-3H3;3H,1-2H3. The molecule has 3 nitrogen and oxygen atoms in total. The maximum Gasteiger partial charge on any atom is 0.129 e. The van der Waals surface area contributed by atoms with Gasteiger partial charge in [0.1, 0.15) is 5.82 Å². The molecule has 0 unspecified atom stereocenters. The van der Waals surface area contributed by atoms with E-state index in [0.29, 0.717) is 5.92 Å². The number of hydrogen-bond acceptors (Lipinski definition) is 3. The Morgan fingerprint density at radius 1 is 1.17 bits per heavy atom. The molecule has 2 rings (SSSR count). The SMILES string of the molecule is CNC.Cc1cc(C(C)C)nc(N2CCCC2)c1. The second kappa shape index (κ2) is 7.37. The van der Waals surface area contributed by atoms with Crippen molar-refractivity contribution in [1.82, 2.24) is 10.3 Å². The number of rotatable bonds is 2. The van der Waals surface area contributed by atoms with Crippen LogP contribution in [0.1, 0.15) is 43.9 Å². The minimum Gasteiger partial charge on any atom is -0.357 e. The zero-order valence-corrected chi connectivity index (χ0v) is 12.5. The Morgan fingerprint density at radius 2 is 1.72 bits per heavy atom. The highest BCUT2D eigenvalue weighted by Gasteiger charge is 2.14. The van der Waals surface area contributed by atoms with Gasteiger partial charge in [0.2, 0.25) is 0 Å². The number of nitrogens with zero attached hydrogens (tertiary/aromatic N) is 2. The summed E-state index contributed by atoms with van der Waals surface area (Å²) in [6, 6.07) is 4.40. The minimum atomic E-state index is 0.520. The molecule has 0 aliphatic carbocycles. The van der Waals surface area contributed by atoms with Crippen molar-refractivity contribution < 1.29 is 0 Å². The van der Waals surface area contributed by atoms with Gasteiger partial charge in [-0.2, -0.15) is 0 Å². The molecule has 2 heterocycles. The molecule has 1 N–H and O–H groups in total. The third-order valence-electron chi connectivity index (χ3n) is 3.00. The van der Waals surface area contributed by atoms with Crippen LogP contribution in [-0.2, 0) is 0 Å². The number of aromatic nitrogens is 1. The molecule has 102 valence electrons. The molecule has 1 aromatic heterocycles. The second-order valence-corrected chi connectivity index (χ2v) is 5.28. The average molecular weight is 249 g/mol. The summed E-state index contributed by atoms with van der Waals surface area (Å²) in [4.78, 5) is 7.14. The molecule has 0 aromatic carbocycles. The summed E-state index contributed by atoms with van der Waals surface area (Å²) in [7, 11) is 3.75.